The van der Waals surface area contributed by atoms with E-state index in [-0.39, 0.29) is 23.9 Å². The molecule has 3 atom stereocenters. The average Bonchev–Trinajstić information content (AvgIpc) is 3.64. The number of carbonyl (C=O) groups excluding carboxylic acids is 3. The fourth-order valence-corrected chi connectivity index (χ4v) is 4.28. The summed E-state index contributed by atoms with van der Waals surface area (Å²) in [6.45, 7) is 2.14. The Morgan fingerprint density at radius 2 is 1.77 bits per heavy atom. The van der Waals surface area contributed by atoms with Crippen molar-refractivity contribution in [3.05, 3.63) is 83.4 Å². The van der Waals surface area contributed by atoms with Crippen LogP contribution in [-0.2, 0) is 20.8 Å². The van der Waals surface area contributed by atoms with Crippen LogP contribution in [0.3, 0.4) is 0 Å². The number of nitrogens with one attached hydrogen (secondary N) is 2. The number of rotatable bonds is 8. The summed E-state index contributed by atoms with van der Waals surface area (Å²) in [5.41, 5.74) is 1.18. The van der Waals surface area contributed by atoms with Gasteiger partial charge in [0.2, 0.25) is 17.7 Å². The number of carbonyl (C=O) groups is 3. The third-order valence-electron chi connectivity index (χ3n) is 6.27. The molecular weight excluding hydrogens is 452 g/mol. The first-order valence-electron chi connectivity index (χ1n) is 11.9. The van der Waals surface area contributed by atoms with Crippen molar-refractivity contribution in [1.82, 2.24) is 15.5 Å². The van der Waals surface area contributed by atoms with E-state index in [0.29, 0.717) is 18.9 Å². The molecule has 0 bridgehead atoms. The van der Waals surface area contributed by atoms with Gasteiger partial charge < -0.3 is 15.5 Å². The fourth-order valence-electron chi connectivity index (χ4n) is 4.28. The van der Waals surface area contributed by atoms with E-state index in [1.807, 2.05) is 47.4 Å². The monoisotopic (exact) mass is 481 g/mol. The standard InChI is InChI=1S/C27H29F2N3O3/c1-17(30-25(33)14-19-12-21(28)15-22(29)13-19)26(34)31-23-8-5-9-24(20-6-3-2-4-7-20)32(27(23)35)16-18-10-11-18/h2-7,9,12-13,15,17-18,23-24H,8,10-11,14,16H2,1H3,(H,30,33)(H,31,34)/t17-,23-,24+/m0/s1. The highest BCUT2D eigenvalue weighted by Crippen LogP contribution is 2.35. The molecule has 2 aromatic carbocycles. The Bertz CT molecular complexity index is 1100. The summed E-state index contributed by atoms with van der Waals surface area (Å²) in [7, 11) is 0. The van der Waals surface area contributed by atoms with Gasteiger partial charge in [0.1, 0.15) is 23.7 Å². The minimum Gasteiger partial charge on any atom is -0.344 e. The van der Waals surface area contributed by atoms with Crippen LogP contribution >= 0.6 is 0 Å². The maximum absolute atomic E-state index is 13.5. The van der Waals surface area contributed by atoms with Gasteiger partial charge in [-0.2, -0.15) is 0 Å². The zero-order valence-electron chi connectivity index (χ0n) is 19.5. The summed E-state index contributed by atoms with van der Waals surface area (Å²) in [4.78, 5) is 40.5. The van der Waals surface area contributed by atoms with E-state index in [2.05, 4.69) is 10.6 Å². The lowest BCUT2D eigenvalue weighted by Crippen LogP contribution is -2.53. The summed E-state index contributed by atoms with van der Waals surface area (Å²) in [6.07, 6.45) is 6.17. The number of amides is 3. The largest absolute Gasteiger partial charge is 0.344 e. The Balaban J connectivity index is 1.39. The first-order valence-corrected chi connectivity index (χ1v) is 11.9. The van der Waals surface area contributed by atoms with Gasteiger partial charge in [-0.05, 0) is 55.4 Å². The van der Waals surface area contributed by atoms with Crippen LogP contribution in [0.2, 0.25) is 0 Å². The molecular formula is C27H29F2N3O3. The van der Waals surface area contributed by atoms with E-state index in [9.17, 15) is 23.2 Å². The molecule has 1 saturated carbocycles. The van der Waals surface area contributed by atoms with Crippen molar-refractivity contribution in [3.63, 3.8) is 0 Å². The molecule has 0 spiro atoms. The summed E-state index contributed by atoms with van der Waals surface area (Å²) in [5.74, 6) is -2.28. The molecule has 2 N–H and O–H groups in total. The maximum atomic E-state index is 13.5. The predicted octanol–water partition coefficient (Wildman–Crippen LogP) is 3.44. The molecule has 4 rings (SSSR count). The molecule has 2 aliphatic rings. The van der Waals surface area contributed by atoms with Crippen LogP contribution in [0, 0.1) is 17.6 Å². The average molecular weight is 482 g/mol. The highest BCUT2D eigenvalue weighted by molar-refractivity contribution is 5.92. The molecule has 2 aromatic rings. The van der Waals surface area contributed by atoms with Gasteiger partial charge in [-0.3, -0.25) is 14.4 Å². The van der Waals surface area contributed by atoms with E-state index in [4.69, 9.17) is 0 Å². The molecule has 6 nitrogen and oxygen atoms in total. The third kappa shape index (κ3) is 6.53. The van der Waals surface area contributed by atoms with E-state index in [1.54, 1.807) is 0 Å². The van der Waals surface area contributed by atoms with Crippen LogP contribution in [0.25, 0.3) is 0 Å². The number of halogens is 2. The van der Waals surface area contributed by atoms with Crippen molar-refractivity contribution in [2.45, 2.75) is 50.7 Å². The molecule has 8 heteroatoms. The van der Waals surface area contributed by atoms with Crippen molar-refractivity contribution in [2.24, 2.45) is 5.92 Å². The van der Waals surface area contributed by atoms with Crippen molar-refractivity contribution in [3.8, 4) is 0 Å². The van der Waals surface area contributed by atoms with Crippen LogP contribution in [0.4, 0.5) is 8.78 Å². The topological polar surface area (TPSA) is 78.5 Å². The molecule has 35 heavy (non-hydrogen) atoms. The van der Waals surface area contributed by atoms with Gasteiger partial charge in [-0.25, -0.2) is 8.78 Å². The summed E-state index contributed by atoms with van der Waals surface area (Å²) in [6, 6.07) is 10.8. The zero-order valence-corrected chi connectivity index (χ0v) is 19.5. The Morgan fingerprint density at radius 3 is 2.43 bits per heavy atom. The van der Waals surface area contributed by atoms with E-state index >= 15 is 0 Å². The quantitative estimate of drug-likeness (QED) is 0.567. The number of benzene rings is 2. The van der Waals surface area contributed by atoms with Gasteiger partial charge in [-0.1, -0.05) is 42.5 Å². The van der Waals surface area contributed by atoms with E-state index < -0.39 is 35.5 Å². The van der Waals surface area contributed by atoms with Gasteiger partial charge in [0, 0.05) is 12.6 Å². The van der Waals surface area contributed by atoms with Crippen molar-refractivity contribution >= 4 is 17.7 Å². The fraction of sp³-hybridized carbons (Fsp3) is 0.370. The van der Waals surface area contributed by atoms with Gasteiger partial charge in [-0.15, -0.1) is 0 Å². The predicted molar refractivity (Wildman–Crippen MR) is 127 cm³/mol. The molecule has 1 heterocycles. The highest BCUT2D eigenvalue weighted by Gasteiger charge is 2.36. The molecule has 0 aromatic heterocycles. The second-order valence-electron chi connectivity index (χ2n) is 9.26. The Kier molecular flexibility index (Phi) is 7.58. The van der Waals surface area contributed by atoms with Crippen molar-refractivity contribution < 1.29 is 23.2 Å². The van der Waals surface area contributed by atoms with Crippen LogP contribution in [0.15, 0.2) is 60.7 Å². The van der Waals surface area contributed by atoms with Crippen LogP contribution < -0.4 is 10.6 Å². The lowest BCUT2D eigenvalue weighted by Gasteiger charge is -2.32. The molecule has 1 fully saturated rings. The minimum atomic E-state index is -0.928. The van der Waals surface area contributed by atoms with Gasteiger partial charge in [0.25, 0.3) is 0 Å². The van der Waals surface area contributed by atoms with Crippen molar-refractivity contribution in [1.29, 1.82) is 0 Å². The van der Waals surface area contributed by atoms with E-state index in [0.717, 1.165) is 36.6 Å². The van der Waals surface area contributed by atoms with Gasteiger partial charge >= 0.3 is 0 Å². The summed E-state index contributed by atoms with van der Waals surface area (Å²) >= 11 is 0. The molecule has 3 amide bonds. The minimum absolute atomic E-state index is 0.155. The molecule has 0 saturated heterocycles. The molecule has 0 unspecified atom stereocenters. The van der Waals surface area contributed by atoms with Crippen LogP contribution in [0.1, 0.15) is 43.4 Å². The van der Waals surface area contributed by atoms with Crippen LogP contribution in [0.5, 0.6) is 0 Å². The number of hydrogen-bond donors (Lipinski definition) is 2. The molecule has 184 valence electrons. The Hall–Kier alpha value is -3.55. The maximum Gasteiger partial charge on any atom is 0.246 e. The third-order valence-corrected chi connectivity index (χ3v) is 6.27. The first-order chi connectivity index (χ1) is 16.8. The molecule has 1 aliphatic heterocycles. The molecule has 1 aliphatic carbocycles. The van der Waals surface area contributed by atoms with Gasteiger partial charge in [0.05, 0.1) is 12.5 Å². The highest BCUT2D eigenvalue weighted by atomic mass is 19.1. The summed E-state index contributed by atoms with van der Waals surface area (Å²) < 4.78 is 26.7. The van der Waals surface area contributed by atoms with E-state index in [1.165, 1.54) is 6.92 Å². The number of nitrogens with zero attached hydrogens (tertiary/aromatic N) is 1. The second kappa shape index (κ2) is 10.8. The SMILES string of the molecule is C[C@H](NC(=O)Cc1cc(F)cc(F)c1)C(=O)N[C@H]1CC=C[C@H](c2ccccc2)N(CC2CC2)C1=O. The smallest absolute Gasteiger partial charge is 0.246 e. The Labute approximate surface area is 203 Å². The number of hydrogen-bond acceptors (Lipinski definition) is 3. The Morgan fingerprint density at radius 1 is 1.09 bits per heavy atom. The second-order valence-corrected chi connectivity index (χ2v) is 9.26. The van der Waals surface area contributed by atoms with Gasteiger partial charge in [0.15, 0.2) is 0 Å². The summed E-state index contributed by atoms with van der Waals surface area (Å²) in [5, 5.41) is 5.31. The molecule has 0 radical (unpaired) electrons. The zero-order chi connectivity index (χ0) is 24.9. The first kappa shape index (κ1) is 24.6. The lowest BCUT2D eigenvalue weighted by atomic mass is 10.0. The van der Waals surface area contributed by atoms with Crippen LogP contribution in [-0.4, -0.2) is 41.2 Å². The van der Waals surface area contributed by atoms with Crippen molar-refractivity contribution in [2.75, 3.05) is 6.54 Å². The lowest BCUT2D eigenvalue weighted by molar-refractivity contribution is -0.138. The normalized spacial score (nSPS) is 20.8.